The number of benzene rings is 6. The van der Waals surface area contributed by atoms with E-state index in [1.54, 1.807) is 0 Å². The highest BCUT2D eigenvalue weighted by molar-refractivity contribution is 7.36. The molecule has 0 amide bonds. The van der Waals surface area contributed by atoms with Gasteiger partial charge in [0.15, 0.2) is 11.5 Å². The van der Waals surface area contributed by atoms with Gasteiger partial charge in [-0.15, -0.1) is 22.7 Å². The Hall–Kier alpha value is -3.08. The normalized spacial score (nSPS) is 12.6. The van der Waals surface area contributed by atoms with Gasteiger partial charge in [-0.3, -0.25) is 0 Å². The lowest BCUT2D eigenvalue weighted by molar-refractivity contribution is 0.412. The van der Waals surface area contributed by atoms with Crippen LogP contribution in [0.4, 0.5) is 0 Å². The summed E-state index contributed by atoms with van der Waals surface area (Å²) < 4.78 is 5.15. The second-order valence-electron chi connectivity index (χ2n) is 7.31. The molecule has 2 N–H and O–H groups in total. The van der Waals surface area contributed by atoms with Crippen molar-refractivity contribution in [3.63, 3.8) is 0 Å². The molecule has 0 atom stereocenters. The van der Waals surface area contributed by atoms with E-state index in [2.05, 4.69) is 48.5 Å². The van der Waals surface area contributed by atoms with E-state index in [1.807, 2.05) is 34.8 Å². The van der Waals surface area contributed by atoms with Crippen LogP contribution in [0, 0.1) is 0 Å². The predicted octanol–water partition coefficient (Wildman–Crippen LogP) is 7.58. The first-order valence-corrected chi connectivity index (χ1v) is 10.7. The largest absolute Gasteiger partial charge is 0.504 e. The van der Waals surface area contributed by atoms with Crippen LogP contribution < -0.4 is 0 Å². The van der Waals surface area contributed by atoms with Gasteiger partial charge in [0.05, 0.1) is 9.40 Å². The molecule has 0 spiro atoms. The third-order valence-corrected chi connectivity index (χ3v) is 8.32. The molecule has 6 aromatic carbocycles. The first-order valence-electron chi connectivity index (χ1n) is 9.06. The number of aromatic hydroxyl groups is 2. The fraction of sp³-hybridized carbons (Fsp3) is 0. The van der Waals surface area contributed by atoms with Crippen molar-refractivity contribution in [2.75, 3.05) is 0 Å². The molecular formula is C24H12O2S2. The molecule has 132 valence electrons. The molecule has 0 aliphatic heterocycles. The Morgan fingerprint density at radius 2 is 1.04 bits per heavy atom. The van der Waals surface area contributed by atoms with Crippen molar-refractivity contribution >= 4 is 84.6 Å². The van der Waals surface area contributed by atoms with Crippen LogP contribution >= 0.6 is 22.7 Å². The Morgan fingerprint density at radius 3 is 1.71 bits per heavy atom. The fourth-order valence-corrected chi connectivity index (χ4v) is 7.14. The molecule has 0 saturated carbocycles. The van der Waals surface area contributed by atoms with Crippen LogP contribution in [0.2, 0.25) is 0 Å². The third-order valence-electron chi connectivity index (χ3n) is 5.82. The first kappa shape index (κ1) is 14.9. The molecule has 4 heteroatoms. The summed E-state index contributed by atoms with van der Waals surface area (Å²) in [5.41, 5.74) is 0. The average Bonchev–Trinajstić information content (AvgIpc) is 3.23. The Balaban J connectivity index is 1.68. The first-order chi connectivity index (χ1) is 13.7. The van der Waals surface area contributed by atoms with Crippen LogP contribution in [-0.2, 0) is 0 Å². The standard InChI is InChI=1S/C24H12O2S2/c25-21-13-5-6-14(22(21)26)16-10-20-18(9-15(13)16)24-23(28-20)17-7-11-3-1-2-4-12(11)8-19(17)27-24/h1-10,25-26H. The van der Waals surface area contributed by atoms with Crippen LogP contribution in [-0.4, -0.2) is 10.2 Å². The maximum Gasteiger partial charge on any atom is 0.166 e. The number of rotatable bonds is 0. The summed E-state index contributed by atoms with van der Waals surface area (Å²) in [7, 11) is 0. The van der Waals surface area contributed by atoms with Crippen molar-refractivity contribution in [1.82, 2.24) is 0 Å². The zero-order valence-electron chi connectivity index (χ0n) is 14.5. The van der Waals surface area contributed by atoms with E-state index in [1.165, 1.54) is 40.3 Å². The maximum atomic E-state index is 10.3. The Bertz CT molecular complexity index is 1740. The number of phenols is 4. The summed E-state index contributed by atoms with van der Waals surface area (Å²) in [6.45, 7) is 0. The highest BCUT2D eigenvalue weighted by Crippen LogP contribution is 2.50. The van der Waals surface area contributed by atoms with Crippen molar-refractivity contribution < 1.29 is 10.2 Å². The number of hydrogen-bond donors (Lipinski definition) is 2. The van der Waals surface area contributed by atoms with E-state index in [4.69, 9.17) is 0 Å². The minimum Gasteiger partial charge on any atom is -0.504 e. The van der Waals surface area contributed by atoms with Gasteiger partial charge >= 0.3 is 0 Å². The van der Waals surface area contributed by atoms with E-state index < -0.39 is 0 Å². The molecule has 0 saturated heterocycles. The van der Waals surface area contributed by atoms with Crippen molar-refractivity contribution in [1.29, 1.82) is 0 Å². The van der Waals surface area contributed by atoms with Gasteiger partial charge in [-0.2, -0.15) is 0 Å². The van der Waals surface area contributed by atoms with Gasteiger partial charge in [-0.05, 0) is 57.9 Å². The Labute approximate surface area is 166 Å². The van der Waals surface area contributed by atoms with Gasteiger partial charge in [0.2, 0.25) is 0 Å². The second kappa shape index (κ2) is 4.85. The molecule has 2 bridgehead atoms. The molecule has 0 unspecified atom stereocenters. The smallest absolute Gasteiger partial charge is 0.166 e. The second-order valence-corrected chi connectivity index (χ2v) is 9.41. The summed E-state index contributed by atoms with van der Waals surface area (Å²) in [4.78, 5) is 0. The van der Waals surface area contributed by atoms with Crippen molar-refractivity contribution in [2.45, 2.75) is 0 Å². The van der Waals surface area contributed by atoms with Crippen LogP contribution in [0.25, 0.3) is 61.9 Å². The number of thiophene rings is 2. The molecule has 8 rings (SSSR count). The molecule has 0 fully saturated rings. The minimum absolute atomic E-state index is 0.0142. The highest BCUT2D eigenvalue weighted by atomic mass is 32.1. The quantitative estimate of drug-likeness (QED) is 0.259. The maximum absolute atomic E-state index is 10.3. The van der Waals surface area contributed by atoms with Crippen LogP contribution in [0.1, 0.15) is 0 Å². The Kier molecular flexibility index (Phi) is 2.58. The summed E-state index contributed by atoms with van der Waals surface area (Å²) in [5.74, 6) is -0.0296. The lowest BCUT2D eigenvalue weighted by Crippen LogP contribution is -1.83. The van der Waals surface area contributed by atoms with Crippen molar-refractivity contribution in [3.05, 3.63) is 60.7 Å². The van der Waals surface area contributed by atoms with Gasteiger partial charge in [-0.1, -0.05) is 24.3 Å². The number of phenolic OH excluding ortho intramolecular Hbond substituents is 2. The Morgan fingerprint density at radius 1 is 0.500 bits per heavy atom. The molecule has 8 aromatic rings. The molecule has 0 radical (unpaired) electrons. The lowest BCUT2D eigenvalue weighted by Gasteiger charge is -2.11. The third kappa shape index (κ3) is 1.68. The lowest BCUT2D eigenvalue weighted by atomic mass is 9.96. The average molecular weight is 396 g/mol. The topological polar surface area (TPSA) is 40.5 Å². The van der Waals surface area contributed by atoms with Crippen molar-refractivity contribution in [3.8, 4) is 11.5 Å². The van der Waals surface area contributed by atoms with Crippen LogP contribution in [0.3, 0.4) is 0 Å². The van der Waals surface area contributed by atoms with E-state index in [0.29, 0.717) is 10.8 Å². The van der Waals surface area contributed by atoms with Crippen LogP contribution in [0.5, 0.6) is 11.5 Å². The summed E-state index contributed by atoms with van der Waals surface area (Å²) in [6.07, 6.45) is 0. The van der Waals surface area contributed by atoms with E-state index in [9.17, 15) is 10.2 Å². The molecule has 2 heterocycles. The molecule has 2 nitrogen and oxygen atoms in total. The summed E-state index contributed by atoms with van der Waals surface area (Å²) >= 11 is 3.65. The SMILES string of the molecule is Oc1c(O)c2ccc1c1cc3sc4c5cc6ccccc6cc5sc4c3cc21. The van der Waals surface area contributed by atoms with Gasteiger partial charge < -0.3 is 10.2 Å². The van der Waals surface area contributed by atoms with Gasteiger partial charge in [0.1, 0.15) is 0 Å². The molecule has 2 aromatic heterocycles. The summed E-state index contributed by atoms with van der Waals surface area (Å²) in [6, 6.07) is 21.2. The molecule has 0 aliphatic rings. The minimum atomic E-state index is -0.0154. The molecule has 0 aliphatic carbocycles. The van der Waals surface area contributed by atoms with E-state index in [0.717, 1.165) is 10.8 Å². The van der Waals surface area contributed by atoms with Gasteiger partial charge in [0, 0.05) is 30.9 Å². The number of fused-ring (bicyclic) bond motifs is 8. The zero-order chi connectivity index (χ0) is 18.6. The van der Waals surface area contributed by atoms with Crippen molar-refractivity contribution in [2.24, 2.45) is 0 Å². The number of hydrogen-bond acceptors (Lipinski definition) is 4. The van der Waals surface area contributed by atoms with Gasteiger partial charge in [0.25, 0.3) is 0 Å². The molecular weight excluding hydrogens is 384 g/mol. The highest BCUT2D eigenvalue weighted by Gasteiger charge is 2.19. The van der Waals surface area contributed by atoms with Gasteiger partial charge in [-0.25, -0.2) is 0 Å². The monoisotopic (exact) mass is 396 g/mol. The zero-order valence-corrected chi connectivity index (χ0v) is 16.1. The van der Waals surface area contributed by atoms with E-state index in [-0.39, 0.29) is 11.5 Å². The predicted molar refractivity (Wildman–Crippen MR) is 122 cm³/mol. The molecule has 28 heavy (non-hydrogen) atoms. The van der Waals surface area contributed by atoms with E-state index >= 15 is 0 Å². The fourth-order valence-electron chi connectivity index (χ4n) is 4.45. The summed E-state index contributed by atoms with van der Waals surface area (Å²) in [5, 5.41) is 29.0. The van der Waals surface area contributed by atoms with Crippen LogP contribution in [0.15, 0.2) is 60.7 Å².